The van der Waals surface area contributed by atoms with Crippen molar-refractivity contribution in [2.45, 2.75) is 18.3 Å². The van der Waals surface area contributed by atoms with Crippen molar-refractivity contribution in [3.8, 4) is 0 Å². The molecule has 1 saturated heterocycles. The number of rotatable bonds is 0. The van der Waals surface area contributed by atoms with E-state index in [1.807, 2.05) is 0 Å². The topological polar surface area (TPSA) is 58.9 Å². The number of fused-ring (bicyclic) bond motifs is 2. The number of hydrogen-bond donors (Lipinski definition) is 2. The fourth-order valence-corrected chi connectivity index (χ4v) is 1.10. The van der Waals surface area contributed by atoms with Gasteiger partial charge in [-0.3, -0.25) is 0 Å². The molecular weight excluding hydrogens is 136 g/mol. The Kier molecular flexibility index (Phi) is 1.12. The maximum atomic E-state index is 9.16. The van der Waals surface area contributed by atoms with E-state index in [-0.39, 0.29) is 6.10 Å². The highest BCUT2D eigenvalue weighted by Crippen LogP contribution is 2.25. The van der Waals surface area contributed by atoms with Crippen LogP contribution in [0.4, 0.5) is 0 Å². The molecule has 0 radical (unpaired) electrons. The molecule has 2 bridgehead atoms. The molecule has 0 aromatic rings. The van der Waals surface area contributed by atoms with Gasteiger partial charge >= 0.3 is 0 Å². The Morgan fingerprint density at radius 1 is 1.50 bits per heavy atom. The fourth-order valence-electron chi connectivity index (χ4n) is 1.10. The molecule has 56 valence electrons. The van der Waals surface area contributed by atoms with Gasteiger partial charge in [-0.2, -0.15) is 0 Å². The van der Waals surface area contributed by atoms with Gasteiger partial charge in [-0.15, -0.1) is 0 Å². The van der Waals surface area contributed by atoms with Crippen LogP contribution in [0.25, 0.3) is 0 Å². The summed E-state index contributed by atoms with van der Waals surface area (Å²) in [5, 5.41) is 18.2. The van der Waals surface area contributed by atoms with E-state index in [0.717, 1.165) is 0 Å². The first-order valence-electron chi connectivity index (χ1n) is 3.15. The van der Waals surface area contributed by atoms with Gasteiger partial charge in [0.2, 0.25) is 0 Å². The van der Waals surface area contributed by atoms with Crippen molar-refractivity contribution < 1.29 is 19.7 Å². The summed E-state index contributed by atoms with van der Waals surface area (Å²) in [5.41, 5.74) is 0. The van der Waals surface area contributed by atoms with E-state index in [0.29, 0.717) is 12.6 Å². The first-order valence-corrected chi connectivity index (χ1v) is 3.15. The molecule has 0 aromatic carbocycles. The Morgan fingerprint density at radius 2 is 2.30 bits per heavy atom. The van der Waals surface area contributed by atoms with Crippen LogP contribution in [0.2, 0.25) is 0 Å². The molecule has 4 heteroatoms. The molecule has 2 heterocycles. The van der Waals surface area contributed by atoms with Crippen molar-refractivity contribution in [2.24, 2.45) is 0 Å². The first kappa shape index (κ1) is 6.00. The van der Waals surface area contributed by atoms with Gasteiger partial charge in [0, 0.05) is 6.08 Å². The van der Waals surface area contributed by atoms with Gasteiger partial charge in [0.1, 0.15) is 18.8 Å². The molecule has 3 atom stereocenters. The number of ether oxygens (including phenoxy) is 2. The number of hydrogen-bond acceptors (Lipinski definition) is 4. The Balaban J connectivity index is 2.25. The van der Waals surface area contributed by atoms with E-state index in [1.165, 1.54) is 6.08 Å². The fraction of sp³-hybridized carbons (Fsp3) is 0.667. The van der Waals surface area contributed by atoms with Gasteiger partial charge in [-0.05, 0) is 0 Å². The van der Waals surface area contributed by atoms with Crippen molar-refractivity contribution in [2.75, 3.05) is 6.61 Å². The van der Waals surface area contributed by atoms with Crippen LogP contribution in [0.1, 0.15) is 0 Å². The van der Waals surface area contributed by atoms with Gasteiger partial charge < -0.3 is 19.7 Å². The van der Waals surface area contributed by atoms with Crippen LogP contribution < -0.4 is 0 Å². The van der Waals surface area contributed by atoms with Crippen LogP contribution >= 0.6 is 0 Å². The Bertz CT molecular complexity index is 177. The summed E-state index contributed by atoms with van der Waals surface area (Å²) in [6.45, 7) is 0.337. The molecular formula is C6H8O4. The second-order valence-corrected chi connectivity index (χ2v) is 2.43. The summed E-state index contributed by atoms with van der Waals surface area (Å²) in [4.78, 5) is 0. The number of aliphatic hydroxyl groups is 2. The quantitative estimate of drug-likeness (QED) is 0.457. The molecule has 2 aliphatic rings. The van der Waals surface area contributed by atoms with Gasteiger partial charge in [0.15, 0.2) is 6.10 Å². The van der Waals surface area contributed by atoms with Gasteiger partial charge in [-0.25, -0.2) is 0 Å². The highest BCUT2D eigenvalue weighted by Gasteiger charge is 2.38. The Labute approximate surface area is 57.7 Å². The molecule has 0 saturated carbocycles. The molecule has 0 unspecified atom stereocenters. The predicted molar refractivity (Wildman–Crippen MR) is 30.9 cm³/mol. The summed E-state index contributed by atoms with van der Waals surface area (Å²) < 4.78 is 9.95. The molecule has 2 N–H and O–H groups in total. The van der Waals surface area contributed by atoms with E-state index in [4.69, 9.17) is 19.7 Å². The highest BCUT2D eigenvalue weighted by atomic mass is 16.7. The lowest BCUT2D eigenvalue weighted by Gasteiger charge is -2.21. The summed E-state index contributed by atoms with van der Waals surface area (Å²) in [7, 11) is 0. The van der Waals surface area contributed by atoms with Crippen molar-refractivity contribution in [3.05, 3.63) is 12.0 Å². The van der Waals surface area contributed by atoms with Crippen LogP contribution in [0, 0.1) is 0 Å². The van der Waals surface area contributed by atoms with E-state index in [1.54, 1.807) is 0 Å². The zero-order valence-electron chi connectivity index (χ0n) is 5.23. The summed E-state index contributed by atoms with van der Waals surface area (Å²) in [5.74, 6) is 0.336. The molecule has 1 fully saturated rings. The minimum Gasteiger partial charge on any atom is -0.462 e. The normalized spacial score (nSPS) is 43.8. The molecule has 0 aromatic heterocycles. The van der Waals surface area contributed by atoms with Crippen molar-refractivity contribution in [1.29, 1.82) is 0 Å². The zero-order chi connectivity index (χ0) is 7.14. The van der Waals surface area contributed by atoms with E-state index in [2.05, 4.69) is 0 Å². The molecule has 0 spiro atoms. The van der Waals surface area contributed by atoms with Crippen LogP contribution in [0.15, 0.2) is 12.0 Å². The Morgan fingerprint density at radius 3 is 3.10 bits per heavy atom. The van der Waals surface area contributed by atoms with Gasteiger partial charge in [0.05, 0.1) is 0 Å². The first-order chi connectivity index (χ1) is 4.77. The van der Waals surface area contributed by atoms with Crippen LogP contribution in [-0.4, -0.2) is 35.1 Å². The third-order valence-corrected chi connectivity index (χ3v) is 1.70. The van der Waals surface area contributed by atoms with Crippen LogP contribution in [0.5, 0.6) is 0 Å². The van der Waals surface area contributed by atoms with E-state index >= 15 is 0 Å². The summed E-state index contributed by atoms with van der Waals surface area (Å²) in [6, 6.07) is 0. The van der Waals surface area contributed by atoms with Crippen molar-refractivity contribution in [3.63, 3.8) is 0 Å². The molecule has 0 aliphatic carbocycles. The van der Waals surface area contributed by atoms with Crippen LogP contribution in [0.3, 0.4) is 0 Å². The van der Waals surface area contributed by atoms with Gasteiger partial charge in [0.25, 0.3) is 5.95 Å². The van der Waals surface area contributed by atoms with E-state index < -0.39 is 12.2 Å². The maximum Gasteiger partial charge on any atom is 0.278 e. The second-order valence-electron chi connectivity index (χ2n) is 2.43. The minimum absolute atomic E-state index is 0.336. The molecule has 2 rings (SSSR count). The zero-order valence-corrected chi connectivity index (χ0v) is 5.23. The maximum absolute atomic E-state index is 9.16. The Hall–Kier alpha value is -0.740. The van der Waals surface area contributed by atoms with Crippen LogP contribution in [-0.2, 0) is 9.47 Å². The third kappa shape index (κ3) is 0.693. The average molecular weight is 144 g/mol. The van der Waals surface area contributed by atoms with Crippen molar-refractivity contribution in [1.82, 2.24) is 0 Å². The van der Waals surface area contributed by atoms with Crippen molar-refractivity contribution >= 4 is 0 Å². The number of aliphatic hydroxyl groups excluding tert-OH is 2. The average Bonchev–Trinajstić information content (AvgIpc) is 2.29. The SMILES string of the molecule is O[C@H]1[C@H](O)C=C2OC[C@H]1O2. The highest BCUT2D eigenvalue weighted by molar-refractivity contribution is 5.05. The molecule has 2 aliphatic heterocycles. The van der Waals surface area contributed by atoms with Gasteiger partial charge in [-0.1, -0.05) is 0 Å². The molecule has 4 nitrogen and oxygen atoms in total. The second kappa shape index (κ2) is 1.87. The summed E-state index contributed by atoms with van der Waals surface area (Å²) >= 11 is 0. The summed E-state index contributed by atoms with van der Waals surface area (Å²) in [6.07, 6.45) is -0.689. The lowest BCUT2D eigenvalue weighted by Crippen LogP contribution is -2.39. The lowest BCUT2D eigenvalue weighted by molar-refractivity contribution is -0.0512. The standard InChI is InChI=1S/C6H8O4/c7-3-1-5-9-2-4(10-5)6(3)8/h1,3-4,6-8H,2H2/t3-,4-,6+/m1/s1. The molecule has 10 heavy (non-hydrogen) atoms. The van der Waals surface area contributed by atoms with E-state index in [9.17, 15) is 0 Å². The lowest BCUT2D eigenvalue weighted by atomic mass is 10.1. The predicted octanol–water partition coefficient (Wildman–Crippen LogP) is -1.02. The minimum atomic E-state index is -0.841. The largest absolute Gasteiger partial charge is 0.462 e. The monoisotopic (exact) mass is 144 g/mol. The molecule has 0 amide bonds. The smallest absolute Gasteiger partial charge is 0.278 e. The third-order valence-electron chi connectivity index (χ3n) is 1.70.